The van der Waals surface area contributed by atoms with E-state index in [0.29, 0.717) is 31.7 Å². The lowest BCUT2D eigenvalue weighted by Gasteiger charge is -2.44. The molecule has 2 amide bonds. The van der Waals surface area contributed by atoms with Gasteiger partial charge in [0.15, 0.2) is 0 Å². The van der Waals surface area contributed by atoms with E-state index in [2.05, 4.69) is 0 Å². The number of hydrogen-bond donors (Lipinski definition) is 1. The first-order valence-corrected chi connectivity index (χ1v) is 17.4. The molecule has 1 N–H and O–H groups in total. The fourth-order valence-electron chi connectivity index (χ4n) is 6.71. The van der Waals surface area contributed by atoms with E-state index in [1.807, 2.05) is 54.3 Å². The molecule has 0 radical (unpaired) electrons. The van der Waals surface area contributed by atoms with Crippen molar-refractivity contribution in [3.8, 4) is 5.75 Å². The van der Waals surface area contributed by atoms with Crippen LogP contribution in [0.15, 0.2) is 42.5 Å². The molecule has 7 nitrogen and oxygen atoms in total. The molecule has 5 rings (SSSR count). The molecule has 216 valence electrons. The van der Waals surface area contributed by atoms with Crippen LogP contribution in [0.5, 0.6) is 5.75 Å². The fourth-order valence-corrected chi connectivity index (χ4v) is 8.52. The lowest BCUT2D eigenvalue weighted by atomic mass is 9.86. The smallest absolute Gasteiger partial charge is 0.248 e. The number of rotatable bonds is 7. The highest BCUT2D eigenvalue weighted by Gasteiger charge is 2.49. The predicted molar refractivity (Wildman–Crippen MR) is 155 cm³/mol. The van der Waals surface area contributed by atoms with Crippen LogP contribution in [-0.4, -0.2) is 62.6 Å². The Bertz CT molecular complexity index is 1250. The molecule has 0 aromatic heterocycles. The van der Waals surface area contributed by atoms with Gasteiger partial charge in [0.2, 0.25) is 20.2 Å². The molecule has 2 aromatic carbocycles. The molecule has 5 atom stereocenters. The zero-order valence-electron chi connectivity index (χ0n) is 23.9. The summed E-state index contributed by atoms with van der Waals surface area (Å²) < 4.78 is 28.6. The molecular weight excluding hydrogens is 527 g/mol. The van der Waals surface area contributed by atoms with Gasteiger partial charge in [0, 0.05) is 55.8 Å². The second-order valence-electron chi connectivity index (χ2n) is 12.0. The number of anilines is 1. The second kappa shape index (κ2) is 11.6. The number of fused-ring (bicyclic) bond motifs is 2. The quantitative estimate of drug-likeness (QED) is 0.368. The van der Waals surface area contributed by atoms with E-state index in [1.54, 1.807) is 25.1 Å². The van der Waals surface area contributed by atoms with Crippen molar-refractivity contribution in [1.29, 1.82) is 0 Å². The van der Waals surface area contributed by atoms with Crippen LogP contribution < -0.4 is 9.64 Å². The van der Waals surface area contributed by atoms with Gasteiger partial charge in [-0.2, -0.15) is 0 Å². The lowest BCUT2D eigenvalue weighted by Crippen LogP contribution is -2.50. The number of nitrogens with zero attached hydrogens (tertiary/aromatic N) is 2. The first kappa shape index (κ1) is 28.8. The van der Waals surface area contributed by atoms with Crippen molar-refractivity contribution in [2.45, 2.75) is 82.5 Å². The normalized spacial score (nSPS) is 25.6. The SMILES string of the molecule is CO[C@H]1c2cc(N3CCCCC3=O)ccc2O[C@@H](C(CC(=O)N2Cc3ccccc3C[C@H]2CO)[Si](C)(C)F)[C@@H]1C. The molecule has 0 spiro atoms. The number of amides is 2. The number of hydrogen-bond acceptors (Lipinski definition) is 5. The van der Waals surface area contributed by atoms with E-state index in [-0.39, 0.29) is 42.9 Å². The van der Waals surface area contributed by atoms with Gasteiger partial charge in [-0.3, -0.25) is 9.59 Å². The highest BCUT2D eigenvalue weighted by Crippen LogP contribution is 2.48. The highest BCUT2D eigenvalue weighted by atomic mass is 28.4. The summed E-state index contributed by atoms with van der Waals surface area (Å²) in [7, 11) is -1.76. The third-order valence-electron chi connectivity index (χ3n) is 9.01. The minimum absolute atomic E-state index is 0.00945. The fraction of sp³-hybridized carbons (Fsp3) is 0.548. The number of methoxy groups -OCH3 is 1. The Morgan fingerprint density at radius 2 is 1.95 bits per heavy atom. The first-order chi connectivity index (χ1) is 19.1. The molecule has 40 heavy (non-hydrogen) atoms. The van der Waals surface area contributed by atoms with Crippen molar-refractivity contribution in [2.24, 2.45) is 5.92 Å². The molecular formula is C31H41FN2O5Si. The molecule has 3 heterocycles. The van der Waals surface area contributed by atoms with E-state index in [0.717, 1.165) is 35.2 Å². The molecule has 3 aliphatic rings. The van der Waals surface area contributed by atoms with Crippen molar-refractivity contribution >= 4 is 25.9 Å². The van der Waals surface area contributed by atoms with Crippen LogP contribution in [0.2, 0.25) is 18.6 Å². The number of halogens is 1. The van der Waals surface area contributed by atoms with Crippen molar-refractivity contribution in [3.05, 3.63) is 59.2 Å². The Hall–Kier alpha value is -2.75. The summed E-state index contributed by atoms with van der Waals surface area (Å²) in [5, 5.41) is 10.1. The molecule has 0 aliphatic carbocycles. The van der Waals surface area contributed by atoms with E-state index in [1.165, 1.54) is 0 Å². The average molecular weight is 569 g/mol. The van der Waals surface area contributed by atoms with Gasteiger partial charge in [-0.1, -0.05) is 31.2 Å². The summed E-state index contributed by atoms with van der Waals surface area (Å²) in [5.74, 6) is 0.347. The molecule has 9 heteroatoms. The summed E-state index contributed by atoms with van der Waals surface area (Å²) in [4.78, 5) is 29.9. The number of carbonyl (C=O) groups excluding carboxylic acids is 2. The van der Waals surface area contributed by atoms with Crippen LogP contribution >= 0.6 is 0 Å². The summed E-state index contributed by atoms with van der Waals surface area (Å²) >= 11 is 0. The van der Waals surface area contributed by atoms with Gasteiger partial charge in [-0.25, -0.2) is 0 Å². The Morgan fingerprint density at radius 3 is 2.62 bits per heavy atom. The second-order valence-corrected chi connectivity index (χ2v) is 15.9. The molecule has 0 bridgehead atoms. The molecule has 2 aromatic rings. The Morgan fingerprint density at radius 1 is 1.20 bits per heavy atom. The Kier molecular flexibility index (Phi) is 8.36. The summed E-state index contributed by atoms with van der Waals surface area (Å²) in [5.41, 5.74) is 3.26. The zero-order chi connectivity index (χ0) is 28.6. The van der Waals surface area contributed by atoms with Crippen LogP contribution in [0.25, 0.3) is 0 Å². The molecule has 1 unspecified atom stereocenters. The van der Waals surface area contributed by atoms with Crippen LogP contribution in [0.1, 0.15) is 55.4 Å². The van der Waals surface area contributed by atoms with E-state index in [4.69, 9.17) is 9.47 Å². The zero-order valence-corrected chi connectivity index (χ0v) is 24.9. The van der Waals surface area contributed by atoms with Crippen molar-refractivity contribution in [1.82, 2.24) is 4.90 Å². The van der Waals surface area contributed by atoms with Gasteiger partial charge in [0.05, 0.1) is 18.8 Å². The maximum absolute atomic E-state index is 16.1. The van der Waals surface area contributed by atoms with Gasteiger partial charge in [0.25, 0.3) is 0 Å². The van der Waals surface area contributed by atoms with Crippen molar-refractivity contribution in [3.63, 3.8) is 0 Å². The number of carbonyl (C=O) groups is 2. The first-order valence-electron chi connectivity index (χ1n) is 14.4. The standard InChI is InChI=1S/C31H41FN2O5Si/c1-20-30(38-2)25-16-23(33-14-8-7-11-28(33)36)12-13-26(25)39-31(20)27(40(3,4)32)17-29(37)34-18-22-10-6-5-9-21(22)15-24(34)19-35/h5-6,9-10,12-13,16,20,24,27,30-31,35H,7-8,11,14-15,17-19H2,1-4H3/t20-,24+,27?,30-,31-/m1/s1. The van der Waals surface area contributed by atoms with Gasteiger partial charge in [-0.15, -0.1) is 0 Å². The summed E-state index contributed by atoms with van der Waals surface area (Å²) in [6, 6.07) is 13.3. The Balaban J connectivity index is 1.41. The van der Waals surface area contributed by atoms with Crippen LogP contribution in [0, 0.1) is 5.92 Å². The number of benzene rings is 2. The number of piperidine rings is 1. The van der Waals surface area contributed by atoms with Crippen LogP contribution in [-0.2, 0) is 27.3 Å². The summed E-state index contributed by atoms with van der Waals surface area (Å²) in [6.07, 6.45) is 2.10. The van der Waals surface area contributed by atoms with E-state index < -0.39 is 20.1 Å². The molecule has 3 aliphatic heterocycles. The molecule has 0 saturated carbocycles. The van der Waals surface area contributed by atoms with E-state index in [9.17, 15) is 14.7 Å². The minimum atomic E-state index is -3.40. The van der Waals surface area contributed by atoms with Gasteiger partial charge in [0.1, 0.15) is 11.9 Å². The Labute approximate surface area is 237 Å². The topological polar surface area (TPSA) is 79.3 Å². The van der Waals surface area contributed by atoms with Crippen molar-refractivity contribution < 1.29 is 28.3 Å². The highest BCUT2D eigenvalue weighted by molar-refractivity contribution is 6.72. The largest absolute Gasteiger partial charge is 0.490 e. The minimum Gasteiger partial charge on any atom is -0.490 e. The maximum Gasteiger partial charge on any atom is 0.248 e. The predicted octanol–water partition coefficient (Wildman–Crippen LogP) is 5.17. The van der Waals surface area contributed by atoms with Crippen molar-refractivity contribution in [2.75, 3.05) is 25.2 Å². The molecule has 1 fully saturated rings. The number of aliphatic hydroxyl groups excluding tert-OH is 1. The summed E-state index contributed by atoms with van der Waals surface area (Å²) in [6.45, 7) is 6.22. The van der Waals surface area contributed by atoms with Gasteiger partial charge in [-0.05, 0) is 61.7 Å². The number of ether oxygens (including phenoxy) is 2. The van der Waals surface area contributed by atoms with Crippen LogP contribution in [0.3, 0.4) is 0 Å². The third kappa shape index (κ3) is 5.56. The van der Waals surface area contributed by atoms with E-state index >= 15 is 4.11 Å². The van der Waals surface area contributed by atoms with Gasteiger partial charge < -0.3 is 28.5 Å². The van der Waals surface area contributed by atoms with Crippen LogP contribution in [0.4, 0.5) is 9.80 Å². The molecule has 1 saturated heterocycles. The number of aliphatic hydroxyl groups is 1. The lowest BCUT2D eigenvalue weighted by molar-refractivity contribution is -0.136. The van der Waals surface area contributed by atoms with Gasteiger partial charge >= 0.3 is 0 Å². The third-order valence-corrected chi connectivity index (χ3v) is 11.3. The average Bonchev–Trinajstić information content (AvgIpc) is 2.94. The maximum atomic E-state index is 16.1. The monoisotopic (exact) mass is 568 g/mol.